The number of nitrogens with zero attached hydrogens (tertiary/aromatic N) is 5. The van der Waals surface area contributed by atoms with Crippen molar-refractivity contribution in [3.8, 4) is 34.5 Å². The number of anilines is 2. The van der Waals surface area contributed by atoms with Crippen LogP contribution in [0.2, 0.25) is 19.6 Å². The van der Waals surface area contributed by atoms with Crippen LogP contribution >= 0.6 is 0 Å². The lowest BCUT2D eigenvalue weighted by Gasteiger charge is -2.26. The fourth-order valence-corrected chi connectivity index (χ4v) is 8.72. The number of ether oxygens (including phenoxy) is 1. The number of hydrogen-bond donors (Lipinski definition) is 0. The summed E-state index contributed by atoms with van der Waals surface area (Å²) in [6, 6.07) is 52.6. The van der Waals surface area contributed by atoms with Crippen molar-refractivity contribution >= 4 is 46.4 Å². The van der Waals surface area contributed by atoms with Crippen LogP contribution in [0.25, 0.3) is 50.5 Å². The molecule has 7 heteroatoms. The van der Waals surface area contributed by atoms with Crippen molar-refractivity contribution in [2.45, 2.75) is 25.9 Å². The van der Waals surface area contributed by atoms with Crippen LogP contribution in [0.4, 0.5) is 11.4 Å². The summed E-state index contributed by atoms with van der Waals surface area (Å²) in [7, 11) is -1.73. The van der Waals surface area contributed by atoms with Gasteiger partial charge in [-0.3, -0.25) is 9.47 Å². The molecule has 1 atom stereocenters. The van der Waals surface area contributed by atoms with Crippen molar-refractivity contribution in [1.29, 1.82) is 0 Å². The molecule has 6 nitrogen and oxygen atoms in total. The second-order valence-electron chi connectivity index (χ2n) is 13.7. The molecule has 2 aromatic heterocycles. The van der Waals surface area contributed by atoms with Crippen molar-refractivity contribution in [1.82, 2.24) is 19.5 Å². The van der Waals surface area contributed by atoms with E-state index in [0.29, 0.717) is 17.6 Å². The van der Waals surface area contributed by atoms with E-state index >= 15 is 0 Å². The van der Waals surface area contributed by atoms with E-state index in [1.807, 2.05) is 36.4 Å². The van der Waals surface area contributed by atoms with Crippen LogP contribution in [0, 0.1) is 0 Å². The largest absolute Gasteiger partial charge is 0.464 e. The maximum atomic E-state index is 6.57. The highest BCUT2D eigenvalue weighted by Gasteiger charge is 2.33. The number of rotatable bonds is 6. The van der Waals surface area contributed by atoms with Gasteiger partial charge in [-0.25, -0.2) is 4.98 Å². The second kappa shape index (κ2) is 11.8. The van der Waals surface area contributed by atoms with Gasteiger partial charge >= 0.3 is 0 Å². The zero-order valence-corrected chi connectivity index (χ0v) is 29.2. The third-order valence-corrected chi connectivity index (χ3v) is 11.5. The van der Waals surface area contributed by atoms with Gasteiger partial charge in [-0.1, -0.05) is 135 Å². The van der Waals surface area contributed by atoms with Gasteiger partial charge in [-0.2, -0.15) is 9.97 Å². The van der Waals surface area contributed by atoms with Crippen LogP contribution in [-0.2, 0) is 0 Å². The molecule has 6 aromatic carbocycles. The van der Waals surface area contributed by atoms with Gasteiger partial charge in [-0.05, 0) is 41.6 Å². The Hall–Kier alpha value is -6.05. The molecule has 1 aliphatic heterocycles. The third kappa shape index (κ3) is 5.06. The Labute approximate surface area is 292 Å². The molecule has 1 unspecified atom stereocenters. The molecule has 0 aliphatic carbocycles. The van der Waals surface area contributed by atoms with Crippen molar-refractivity contribution in [3.63, 3.8) is 0 Å². The Balaban J connectivity index is 1.27. The SMILES string of the molecule is C[Si](C)(C)c1ccccc1-c1nc(-c2ccccc2)nc(-n2c3ccccc3c3cc(N4c5ccccc5OC4c4ccccc4)ccc32)n1. The summed E-state index contributed by atoms with van der Waals surface area (Å²) in [6.45, 7) is 7.09. The molecule has 0 saturated heterocycles. The molecule has 50 heavy (non-hydrogen) atoms. The Bertz CT molecular complexity index is 2520. The molecule has 0 amide bonds. The van der Waals surface area contributed by atoms with E-state index in [-0.39, 0.29) is 6.23 Å². The van der Waals surface area contributed by atoms with Crippen molar-refractivity contribution in [2.24, 2.45) is 0 Å². The average Bonchev–Trinajstić information content (AvgIpc) is 3.71. The molecule has 8 aromatic rings. The molecule has 242 valence electrons. The number of aromatic nitrogens is 4. The van der Waals surface area contributed by atoms with Crippen LogP contribution in [0.15, 0.2) is 152 Å². The number of fused-ring (bicyclic) bond motifs is 4. The van der Waals surface area contributed by atoms with Gasteiger partial charge in [-0.15, -0.1) is 0 Å². The predicted molar refractivity (Wildman–Crippen MR) is 206 cm³/mol. The first-order valence-corrected chi connectivity index (χ1v) is 20.5. The fraction of sp³-hybridized carbons (Fsp3) is 0.0930. The topological polar surface area (TPSA) is 56.1 Å². The summed E-state index contributed by atoms with van der Waals surface area (Å²) < 4.78 is 8.76. The summed E-state index contributed by atoms with van der Waals surface area (Å²) in [5.41, 5.74) is 7.25. The Kier molecular flexibility index (Phi) is 7.10. The first-order chi connectivity index (χ1) is 24.4. The van der Waals surface area contributed by atoms with Crippen LogP contribution in [0.3, 0.4) is 0 Å². The molecule has 0 fully saturated rings. The molecular formula is C43H35N5OSi. The molecule has 1 aliphatic rings. The molecule has 3 heterocycles. The van der Waals surface area contributed by atoms with Gasteiger partial charge in [0.1, 0.15) is 5.75 Å². The van der Waals surface area contributed by atoms with Crippen molar-refractivity contribution in [3.05, 3.63) is 157 Å². The minimum Gasteiger partial charge on any atom is -0.464 e. The molecule has 0 spiro atoms. The highest BCUT2D eigenvalue weighted by Crippen LogP contribution is 2.48. The highest BCUT2D eigenvalue weighted by atomic mass is 28.3. The maximum absolute atomic E-state index is 6.57. The van der Waals surface area contributed by atoms with Gasteiger partial charge in [0.2, 0.25) is 12.2 Å². The van der Waals surface area contributed by atoms with Crippen LogP contribution in [0.5, 0.6) is 5.75 Å². The summed E-state index contributed by atoms with van der Waals surface area (Å²) in [4.78, 5) is 17.8. The van der Waals surface area contributed by atoms with Crippen LogP contribution < -0.4 is 14.8 Å². The number of para-hydroxylation sites is 3. The zero-order chi connectivity index (χ0) is 33.8. The summed E-state index contributed by atoms with van der Waals surface area (Å²) in [5.74, 6) is 2.80. The minimum atomic E-state index is -1.73. The van der Waals surface area contributed by atoms with Crippen molar-refractivity contribution < 1.29 is 4.74 Å². The first kappa shape index (κ1) is 30.0. The van der Waals surface area contributed by atoms with E-state index in [0.717, 1.165) is 55.6 Å². The van der Waals surface area contributed by atoms with Gasteiger partial charge in [0.25, 0.3) is 0 Å². The normalized spacial score (nSPS) is 14.2. The smallest absolute Gasteiger partial charge is 0.238 e. The average molecular weight is 666 g/mol. The van der Waals surface area contributed by atoms with E-state index < -0.39 is 8.07 Å². The van der Waals surface area contributed by atoms with Gasteiger partial charge in [0.15, 0.2) is 11.6 Å². The van der Waals surface area contributed by atoms with E-state index in [1.54, 1.807) is 0 Å². The van der Waals surface area contributed by atoms with Crippen LogP contribution in [0.1, 0.15) is 11.8 Å². The number of hydrogen-bond acceptors (Lipinski definition) is 5. The standard InChI is InChI=1S/C43H35N5OSi/c1-50(2,3)39-25-15-11-21-33(39)41-44-40(29-16-6-4-7-17-29)45-43(46-41)48-35-22-12-10-20-32(35)34-28-31(26-27-36(34)48)47-37-23-13-14-24-38(37)49-42(47)30-18-8-5-9-19-30/h4-28,42H,1-3H3. The second-order valence-corrected chi connectivity index (χ2v) is 18.8. The number of benzene rings is 6. The van der Waals surface area contributed by atoms with E-state index in [1.165, 1.54) is 5.19 Å². The molecular weight excluding hydrogens is 631 g/mol. The Morgan fingerprint density at radius 1 is 0.580 bits per heavy atom. The summed E-state index contributed by atoms with van der Waals surface area (Å²) >= 11 is 0. The monoisotopic (exact) mass is 665 g/mol. The van der Waals surface area contributed by atoms with Gasteiger partial charge in [0, 0.05) is 33.2 Å². The van der Waals surface area contributed by atoms with Crippen LogP contribution in [-0.4, -0.2) is 27.6 Å². The molecule has 0 bridgehead atoms. The molecule has 0 N–H and O–H groups in total. The van der Waals surface area contributed by atoms with E-state index in [4.69, 9.17) is 19.7 Å². The van der Waals surface area contributed by atoms with E-state index in [9.17, 15) is 0 Å². The lowest BCUT2D eigenvalue weighted by atomic mass is 10.1. The van der Waals surface area contributed by atoms with Gasteiger partial charge < -0.3 is 4.74 Å². The Morgan fingerprint density at radius 3 is 2.06 bits per heavy atom. The lowest BCUT2D eigenvalue weighted by Crippen LogP contribution is -2.39. The van der Waals surface area contributed by atoms with Gasteiger partial charge in [0.05, 0.1) is 24.8 Å². The highest BCUT2D eigenvalue weighted by molar-refractivity contribution is 6.89. The fourth-order valence-electron chi connectivity index (χ4n) is 7.12. The zero-order valence-electron chi connectivity index (χ0n) is 28.2. The molecule has 9 rings (SSSR count). The Morgan fingerprint density at radius 2 is 1.24 bits per heavy atom. The predicted octanol–water partition coefficient (Wildman–Crippen LogP) is 10.1. The third-order valence-electron chi connectivity index (χ3n) is 9.45. The molecule has 0 radical (unpaired) electrons. The summed E-state index contributed by atoms with van der Waals surface area (Å²) in [6.07, 6.45) is -0.287. The molecule has 0 saturated carbocycles. The van der Waals surface area contributed by atoms with E-state index in [2.05, 4.69) is 144 Å². The lowest BCUT2D eigenvalue weighted by molar-refractivity contribution is 0.240. The summed E-state index contributed by atoms with van der Waals surface area (Å²) in [5, 5.41) is 3.56. The van der Waals surface area contributed by atoms with Crippen molar-refractivity contribution in [2.75, 3.05) is 4.90 Å². The maximum Gasteiger partial charge on any atom is 0.238 e. The minimum absolute atomic E-state index is 0.287. The quantitative estimate of drug-likeness (QED) is 0.166. The first-order valence-electron chi connectivity index (χ1n) is 17.0.